The summed E-state index contributed by atoms with van der Waals surface area (Å²) in [6.07, 6.45) is 1.02. The van der Waals surface area contributed by atoms with Crippen molar-refractivity contribution in [3.63, 3.8) is 0 Å². The lowest BCUT2D eigenvalue weighted by molar-refractivity contribution is 0.478. The van der Waals surface area contributed by atoms with Crippen molar-refractivity contribution in [2.75, 3.05) is 6.54 Å². The Balaban J connectivity index is 2.23. The topological polar surface area (TPSA) is 21.3 Å². The largest absolute Gasteiger partial charge is 0.456 e. The molecule has 0 aliphatic carbocycles. The van der Waals surface area contributed by atoms with E-state index in [0.717, 1.165) is 18.7 Å². The zero-order valence-electron chi connectivity index (χ0n) is 12.2. The van der Waals surface area contributed by atoms with E-state index in [1.54, 1.807) is 18.2 Å². The highest BCUT2D eigenvalue weighted by atomic mass is 35.5. The predicted molar refractivity (Wildman–Crippen MR) is 89.7 cm³/mol. The van der Waals surface area contributed by atoms with Gasteiger partial charge in [-0.2, -0.15) is 0 Å². The van der Waals surface area contributed by atoms with Gasteiger partial charge in [0.25, 0.3) is 0 Å². The van der Waals surface area contributed by atoms with Gasteiger partial charge < -0.3 is 10.1 Å². The van der Waals surface area contributed by atoms with E-state index >= 15 is 0 Å². The molecule has 0 fully saturated rings. The van der Waals surface area contributed by atoms with Crippen LogP contribution in [0.15, 0.2) is 42.5 Å². The van der Waals surface area contributed by atoms with Crippen molar-refractivity contribution in [2.24, 2.45) is 0 Å². The molecule has 21 heavy (non-hydrogen) atoms. The molecule has 2 rings (SSSR count). The first kappa shape index (κ1) is 16.2. The minimum Gasteiger partial charge on any atom is -0.456 e. The first-order chi connectivity index (χ1) is 10.1. The Morgan fingerprint density at radius 2 is 1.90 bits per heavy atom. The fraction of sp³-hybridized carbons (Fsp3) is 0.294. The molecule has 4 heteroatoms. The molecular formula is C17H19Cl2NO. The van der Waals surface area contributed by atoms with Crippen molar-refractivity contribution in [3.8, 4) is 11.5 Å². The second-order valence-corrected chi connectivity index (χ2v) is 5.61. The summed E-state index contributed by atoms with van der Waals surface area (Å²) in [5.41, 5.74) is 1.20. The van der Waals surface area contributed by atoms with Crippen molar-refractivity contribution >= 4 is 23.2 Å². The molecule has 1 atom stereocenters. The molecule has 0 radical (unpaired) electrons. The first-order valence-corrected chi connectivity index (χ1v) is 7.85. The van der Waals surface area contributed by atoms with Crippen LogP contribution in [0.2, 0.25) is 10.0 Å². The first-order valence-electron chi connectivity index (χ1n) is 7.10. The van der Waals surface area contributed by atoms with E-state index in [2.05, 4.69) is 25.2 Å². The van der Waals surface area contributed by atoms with E-state index in [1.165, 1.54) is 5.56 Å². The molecule has 0 saturated carbocycles. The summed E-state index contributed by atoms with van der Waals surface area (Å²) < 4.78 is 5.86. The van der Waals surface area contributed by atoms with Crippen LogP contribution in [0.25, 0.3) is 0 Å². The zero-order chi connectivity index (χ0) is 15.2. The summed E-state index contributed by atoms with van der Waals surface area (Å²) in [5, 5.41) is 4.60. The van der Waals surface area contributed by atoms with Crippen LogP contribution in [0.5, 0.6) is 11.5 Å². The number of halogens is 2. The van der Waals surface area contributed by atoms with Crippen molar-refractivity contribution in [3.05, 3.63) is 58.1 Å². The van der Waals surface area contributed by atoms with Gasteiger partial charge >= 0.3 is 0 Å². The normalized spacial score (nSPS) is 12.2. The van der Waals surface area contributed by atoms with Crippen LogP contribution in [-0.4, -0.2) is 6.54 Å². The monoisotopic (exact) mass is 323 g/mol. The van der Waals surface area contributed by atoms with Gasteiger partial charge in [-0.15, -0.1) is 0 Å². The highest BCUT2D eigenvalue weighted by Gasteiger charge is 2.10. The van der Waals surface area contributed by atoms with Gasteiger partial charge in [-0.05, 0) is 42.8 Å². The maximum Gasteiger partial charge on any atom is 0.147 e. The molecule has 2 aromatic carbocycles. The highest BCUT2D eigenvalue weighted by Crippen LogP contribution is 2.32. The summed E-state index contributed by atoms with van der Waals surface area (Å²) in [5.74, 6) is 1.32. The van der Waals surface area contributed by atoms with Crippen LogP contribution < -0.4 is 10.1 Å². The highest BCUT2D eigenvalue weighted by molar-refractivity contribution is 6.34. The van der Waals surface area contributed by atoms with Gasteiger partial charge in [0.1, 0.15) is 11.5 Å². The molecule has 1 N–H and O–H groups in total. The molecule has 2 nitrogen and oxygen atoms in total. The smallest absolute Gasteiger partial charge is 0.147 e. The lowest BCUT2D eigenvalue weighted by Gasteiger charge is -2.17. The van der Waals surface area contributed by atoms with Crippen molar-refractivity contribution in [2.45, 2.75) is 26.3 Å². The zero-order valence-corrected chi connectivity index (χ0v) is 13.7. The Bertz CT molecular complexity index is 601. The van der Waals surface area contributed by atoms with Crippen LogP contribution in [0.3, 0.4) is 0 Å². The molecule has 0 saturated heterocycles. The summed E-state index contributed by atoms with van der Waals surface area (Å²) in [6, 6.07) is 13.6. The van der Waals surface area contributed by atoms with Gasteiger partial charge in [0.05, 0.1) is 5.02 Å². The lowest BCUT2D eigenvalue weighted by atomic mass is 10.0. The molecule has 0 aliphatic heterocycles. The maximum atomic E-state index is 6.13. The van der Waals surface area contributed by atoms with Gasteiger partial charge in [-0.25, -0.2) is 0 Å². The quantitative estimate of drug-likeness (QED) is 0.720. The molecule has 1 unspecified atom stereocenters. The number of nitrogens with one attached hydrogen (secondary N) is 1. The minimum absolute atomic E-state index is 0.327. The average molecular weight is 324 g/mol. The molecule has 0 spiro atoms. The third-order valence-corrected chi connectivity index (χ3v) is 3.79. The number of hydrogen-bond acceptors (Lipinski definition) is 2. The molecule has 2 aromatic rings. The van der Waals surface area contributed by atoms with Crippen LogP contribution in [0.4, 0.5) is 0 Å². The SMILES string of the molecule is CCNC(CC)c1cccc(Oc2cc(Cl)ccc2Cl)c1. The van der Waals surface area contributed by atoms with Crippen LogP contribution in [-0.2, 0) is 0 Å². The van der Waals surface area contributed by atoms with Gasteiger partial charge in [-0.1, -0.05) is 49.2 Å². The van der Waals surface area contributed by atoms with Gasteiger partial charge in [0.15, 0.2) is 0 Å². The van der Waals surface area contributed by atoms with E-state index in [9.17, 15) is 0 Å². The van der Waals surface area contributed by atoms with Crippen LogP contribution in [0, 0.1) is 0 Å². The molecule has 0 heterocycles. The van der Waals surface area contributed by atoms with Crippen molar-refractivity contribution in [1.82, 2.24) is 5.32 Å². The Labute approximate surface area is 136 Å². The van der Waals surface area contributed by atoms with E-state index in [0.29, 0.717) is 21.8 Å². The number of rotatable bonds is 6. The van der Waals surface area contributed by atoms with Gasteiger partial charge in [0, 0.05) is 17.1 Å². The second kappa shape index (κ2) is 7.69. The summed E-state index contributed by atoms with van der Waals surface area (Å²) in [7, 11) is 0. The third-order valence-electron chi connectivity index (χ3n) is 3.24. The molecule has 112 valence electrons. The fourth-order valence-electron chi connectivity index (χ4n) is 2.22. The molecule has 0 aliphatic rings. The van der Waals surface area contributed by atoms with Gasteiger partial charge in [-0.3, -0.25) is 0 Å². The molecule has 0 aromatic heterocycles. The average Bonchev–Trinajstić information content (AvgIpc) is 2.49. The van der Waals surface area contributed by atoms with Crippen molar-refractivity contribution in [1.29, 1.82) is 0 Å². The predicted octanol–water partition coefficient (Wildman–Crippen LogP) is 5.85. The van der Waals surface area contributed by atoms with E-state index in [4.69, 9.17) is 27.9 Å². The number of hydrogen-bond donors (Lipinski definition) is 1. The molecule has 0 bridgehead atoms. The standard InChI is InChI=1S/C17H19Cl2NO/c1-3-16(20-4-2)12-6-5-7-14(10-12)21-17-11-13(18)8-9-15(17)19/h5-11,16,20H,3-4H2,1-2H3. The van der Waals surface area contributed by atoms with E-state index in [-0.39, 0.29) is 0 Å². The Kier molecular flexibility index (Phi) is 5.92. The number of benzene rings is 2. The number of ether oxygens (including phenoxy) is 1. The Morgan fingerprint density at radius 3 is 2.62 bits per heavy atom. The summed E-state index contributed by atoms with van der Waals surface area (Å²) in [4.78, 5) is 0. The summed E-state index contributed by atoms with van der Waals surface area (Å²) >= 11 is 12.1. The van der Waals surface area contributed by atoms with E-state index < -0.39 is 0 Å². The minimum atomic E-state index is 0.327. The van der Waals surface area contributed by atoms with Gasteiger partial charge in [0.2, 0.25) is 0 Å². The van der Waals surface area contributed by atoms with Crippen molar-refractivity contribution < 1.29 is 4.74 Å². The summed E-state index contributed by atoms with van der Waals surface area (Å²) in [6.45, 7) is 5.20. The Morgan fingerprint density at radius 1 is 1.10 bits per heavy atom. The fourth-order valence-corrected chi connectivity index (χ4v) is 2.54. The van der Waals surface area contributed by atoms with Crippen LogP contribution in [0.1, 0.15) is 31.9 Å². The Hall–Kier alpha value is -1.22. The van der Waals surface area contributed by atoms with E-state index in [1.807, 2.05) is 18.2 Å². The lowest BCUT2D eigenvalue weighted by Crippen LogP contribution is -2.19. The maximum absolute atomic E-state index is 6.13. The molecule has 0 amide bonds. The van der Waals surface area contributed by atoms with Crippen LogP contribution >= 0.6 is 23.2 Å². The second-order valence-electron chi connectivity index (χ2n) is 4.77. The third kappa shape index (κ3) is 4.37. The molecular weight excluding hydrogens is 305 g/mol.